The Balaban J connectivity index is 1.43. The molecular weight excluding hydrogens is 316 g/mol. The highest BCUT2D eigenvalue weighted by atomic mass is 16.2. The molecule has 0 bridgehead atoms. The van der Waals surface area contributed by atoms with E-state index in [1.807, 2.05) is 17.0 Å². The summed E-state index contributed by atoms with van der Waals surface area (Å²) in [6, 6.07) is 7.30. The van der Waals surface area contributed by atoms with Gasteiger partial charge in [-0.05, 0) is 43.0 Å². The molecule has 0 unspecified atom stereocenters. The van der Waals surface area contributed by atoms with Gasteiger partial charge in [0, 0.05) is 49.0 Å². The van der Waals surface area contributed by atoms with Crippen molar-refractivity contribution in [3.63, 3.8) is 0 Å². The zero-order valence-electron chi connectivity index (χ0n) is 13.9. The first-order chi connectivity index (χ1) is 12.2. The van der Waals surface area contributed by atoms with Crippen LogP contribution in [-0.2, 0) is 4.79 Å². The maximum atomic E-state index is 12.6. The summed E-state index contributed by atoms with van der Waals surface area (Å²) in [4.78, 5) is 35.0. The van der Waals surface area contributed by atoms with Gasteiger partial charge >= 0.3 is 0 Å². The minimum absolute atomic E-state index is 0.0328. The lowest BCUT2D eigenvalue weighted by Gasteiger charge is -2.39. The molecule has 1 spiro atoms. The number of piperidine rings is 1. The van der Waals surface area contributed by atoms with Crippen LogP contribution in [0.1, 0.15) is 41.1 Å². The number of likely N-dealkylation sites (tertiary alicyclic amines) is 1. The van der Waals surface area contributed by atoms with E-state index in [4.69, 9.17) is 0 Å². The third kappa shape index (κ3) is 2.99. The first-order valence-electron chi connectivity index (χ1n) is 8.58. The quantitative estimate of drug-likeness (QED) is 0.907. The highest BCUT2D eigenvalue weighted by Crippen LogP contribution is 2.39. The van der Waals surface area contributed by atoms with Crippen LogP contribution in [0, 0.1) is 0 Å². The van der Waals surface area contributed by atoms with Gasteiger partial charge in [0.1, 0.15) is 0 Å². The normalized spacial score (nSPS) is 22.0. The monoisotopic (exact) mass is 336 g/mol. The molecule has 0 saturated carbocycles. The van der Waals surface area contributed by atoms with Crippen LogP contribution in [-0.4, -0.2) is 45.3 Å². The molecule has 0 aromatic carbocycles. The number of carbonyl (C=O) groups excluding carboxylic acids is 2. The SMILES string of the molecule is O=C1NC2(CCN(C(=O)c3ccncc3)CC2)C[C@H]1c1cccnc1. The van der Waals surface area contributed by atoms with Gasteiger partial charge in [-0.15, -0.1) is 0 Å². The molecule has 6 heteroatoms. The Morgan fingerprint density at radius 2 is 1.88 bits per heavy atom. The van der Waals surface area contributed by atoms with Gasteiger partial charge in [-0.3, -0.25) is 19.6 Å². The topological polar surface area (TPSA) is 75.2 Å². The summed E-state index contributed by atoms with van der Waals surface area (Å²) in [6.07, 6.45) is 9.09. The minimum atomic E-state index is -0.202. The van der Waals surface area contributed by atoms with Gasteiger partial charge < -0.3 is 10.2 Å². The molecule has 2 amide bonds. The Morgan fingerprint density at radius 3 is 2.56 bits per heavy atom. The van der Waals surface area contributed by atoms with Crippen molar-refractivity contribution in [3.05, 3.63) is 60.2 Å². The fraction of sp³-hybridized carbons (Fsp3) is 0.368. The molecule has 2 aromatic rings. The molecule has 4 rings (SSSR count). The number of rotatable bonds is 2. The standard InChI is InChI=1S/C19H20N4O2/c24-17-16(15-2-1-7-21-13-15)12-19(22-17)5-10-23(11-6-19)18(25)14-3-8-20-9-4-14/h1-4,7-9,13,16H,5-6,10-12H2,(H,22,24)/t16-/m0/s1. The Bertz CT molecular complexity index is 771. The number of amides is 2. The Labute approximate surface area is 146 Å². The van der Waals surface area contributed by atoms with Crippen LogP contribution in [0.25, 0.3) is 0 Å². The predicted octanol–water partition coefficient (Wildman–Crippen LogP) is 1.76. The van der Waals surface area contributed by atoms with Gasteiger partial charge in [0.05, 0.1) is 5.92 Å². The van der Waals surface area contributed by atoms with Crippen LogP contribution < -0.4 is 5.32 Å². The van der Waals surface area contributed by atoms with Crippen molar-refractivity contribution < 1.29 is 9.59 Å². The van der Waals surface area contributed by atoms with E-state index in [0.717, 1.165) is 24.8 Å². The maximum Gasteiger partial charge on any atom is 0.253 e. The van der Waals surface area contributed by atoms with E-state index in [0.29, 0.717) is 18.7 Å². The number of carbonyl (C=O) groups is 2. The van der Waals surface area contributed by atoms with E-state index in [1.54, 1.807) is 36.9 Å². The average molecular weight is 336 g/mol. The van der Waals surface area contributed by atoms with E-state index >= 15 is 0 Å². The Hall–Kier alpha value is -2.76. The summed E-state index contributed by atoms with van der Waals surface area (Å²) in [5.41, 5.74) is 1.42. The third-order valence-corrected chi connectivity index (χ3v) is 5.32. The van der Waals surface area contributed by atoms with Crippen LogP contribution in [0.15, 0.2) is 49.1 Å². The molecule has 2 fully saturated rings. The number of hydrogen-bond donors (Lipinski definition) is 1. The average Bonchev–Trinajstić information content (AvgIpc) is 2.99. The summed E-state index contributed by atoms with van der Waals surface area (Å²) in [5.74, 6) is -0.0385. The van der Waals surface area contributed by atoms with E-state index in [1.165, 1.54) is 0 Å². The summed E-state index contributed by atoms with van der Waals surface area (Å²) >= 11 is 0. The predicted molar refractivity (Wildman–Crippen MR) is 91.8 cm³/mol. The van der Waals surface area contributed by atoms with Crippen LogP contribution in [0.4, 0.5) is 0 Å². The van der Waals surface area contributed by atoms with E-state index in [2.05, 4.69) is 15.3 Å². The molecule has 1 N–H and O–H groups in total. The van der Waals surface area contributed by atoms with E-state index < -0.39 is 0 Å². The first kappa shape index (κ1) is 15.7. The lowest BCUT2D eigenvalue weighted by molar-refractivity contribution is -0.121. The molecule has 128 valence electrons. The minimum Gasteiger partial charge on any atom is -0.350 e. The van der Waals surface area contributed by atoms with Gasteiger partial charge in [-0.25, -0.2) is 0 Å². The summed E-state index contributed by atoms with van der Waals surface area (Å²) < 4.78 is 0. The van der Waals surface area contributed by atoms with Crippen molar-refractivity contribution in [2.24, 2.45) is 0 Å². The van der Waals surface area contributed by atoms with Crippen LogP contribution in [0.3, 0.4) is 0 Å². The number of pyridine rings is 2. The number of nitrogens with zero attached hydrogens (tertiary/aromatic N) is 3. The second-order valence-electron chi connectivity index (χ2n) is 6.84. The number of hydrogen-bond acceptors (Lipinski definition) is 4. The smallest absolute Gasteiger partial charge is 0.253 e. The first-order valence-corrected chi connectivity index (χ1v) is 8.58. The molecule has 0 radical (unpaired) electrons. The molecule has 2 aliphatic heterocycles. The molecule has 1 atom stereocenters. The zero-order chi connectivity index (χ0) is 17.3. The van der Waals surface area contributed by atoms with Crippen molar-refractivity contribution in [2.75, 3.05) is 13.1 Å². The Kier molecular flexibility index (Phi) is 3.95. The second-order valence-corrected chi connectivity index (χ2v) is 6.84. The molecule has 2 saturated heterocycles. The fourth-order valence-electron chi connectivity index (χ4n) is 3.88. The van der Waals surface area contributed by atoms with Gasteiger partial charge in [0.25, 0.3) is 5.91 Å². The largest absolute Gasteiger partial charge is 0.350 e. The molecule has 4 heterocycles. The highest BCUT2D eigenvalue weighted by molar-refractivity contribution is 5.94. The lowest BCUT2D eigenvalue weighted by atomic mass is 9.82. The van der Waals surface area contributed by atoms with Crippen molar-refractivity contribution in [3.8, 4) is 0 Å². The molecule has 25 heavy (non-hydrogen) atoms. The van der Waals surface area contributed by atoms with Crippen molar-refractivity contribution in [1.29, 1.82) is 0 Å². The van der Waals surface area contributed by atoms with Gasteiger partial charge in [0.15, 0.2) is 0 Å². The third-order valence-electron chi connectivity index (χ3n) is 5.32. The zero-order valence-corrected chi connectivity index (χ0v) is 13.9. The van der Waals surface area contributed by atoms with Gasteiger partial charge in [-0.2, -0.15) is 0 Å². The summed E-state index contributed by atoms with van der Waals surface area (Å²) in [7, 11) is 0. The molecule has 6 nitrogen and oxygen atoms in total. The van der Waals surface area contributed by atoms with E-state index in [9.17, 15) is 9.59 Å². The van der Waals surface area contributed by atoms with Crippen molar-refractivity contribution >= 4 is 11.8 Å². The Morgan fingerprint density at radius 1 is 1.12 bits per heavy atom. The van der Waals surface area contributed by atoms with Crippen LogP contribution in [0.2, 0.25) is 0 Å². The van der Waals surface area contributed by atoms with Crippen LogP contribution in [0.5, 0.6) is 0 Å². The van der Waals surface area contributed by atoms with Gasteiger partial charge in [-0.1, -0.05) is 6.07 Å². The van der Waals surface area contributed by atoms with Gasteiger partial charge in [0.2, 0.25) is 5.91 Å². The number of aromatic nitrogens is 2. The molecule has 2 aliphatic rings. The summed E-state index contributed by atoms with van der Waals surface area (Å²) in [6.45, 7) is 1.31. The second kappa shape index (κ2) is 6.27. The molecule has 0 aliphatic carbocycles. The molecular formula is C19H20N4O2. The van der Waals surface area contributed by atoms with Crippen molar-refractivity contribution in [2.45, 2.75) is 30.7 Å². The fourth-order valence-corrected chi connectivity index (χ4v) is 3.88. The van der Waals surface area contributed by atoms with E-state index in [-0.39, 0.29) is 23.3 Å². The van der Waals surface area contributed by atoms with Crippen LogP contribution >= 0.6 is 0 Å². The molecule has 2 aromatic heterocycles. The van der Waals surface area contributed by atoms with Crippen molar-refractivity contribution in [1.82, 2.24) is 20.2 Å². The maximum absolute atomic E-state index is 12.6. The lowest BCUT2D eigenvalue weighted by Crippen LogP contribution is -2.52. The highest BCUT2D eigenvalue weighted by Gasteiger charge is 2.46. The summed E-state index contributed by atoms with van der Waals surface area (Å²) in [5, 5.41) is 3.20. The number of nitrogens with one attached hydrogen (secondary N) is 1.